The van der Waals surface area contributed by atoms with Crippen LogP contribution < -0.4 is 5.69 Å². The Bertz CT molecular complexity index is 791. The zero-order valence-electron chi connectivity index (χ0n) is 11.2. The number of fused-ring (bicyclic) bond motifs is 1. The van der Waals surface area contributed by atoms with Crippen molar-refractivity contribution in [3.8, 4) is 0 Å². The summed E-state index contributed by atoms with van der Waals surface area (Å²) in [5.74, 6) is 0.384. The van der Waals surface area contributed by atoms with E-state index in [1.165, 1.54) is 10.4 Å². The summed E-state index contributed by atoms with van der Waals surface area (Å²) in [4.78, 5) is 16.6. The summed E-state index contributed by atoms with van der Waals surface area (Å²) < 4.78 is 26.7. The van der Waals surface area contributed by atoms with Crippen molar-refractivity contribution < 1.29 is 8.42 Å². The van der Waals surface area contributed by atoms with Gasteiger partial charge in [0, 0.05) is 13.1 Å². The summed E-state index contributed by atoms with van der Waals surface area (Å²) in [6.45, 7) is 3.19. The van der Waals surface area contributed by atoms with E-state index in [1.54, 1.807) is 12.1 Å². The molecular formula is C13H17N3O3S. The molecular weight excluding hydrogens is 278 g/mol. The molecule has 0 unspecified atom stereocenters. The SMILES string of the molecule is C[C@@H]1CCCN(S(=O)(=O)c2ccc3[nH]c(=O)[nH]c3c2)C1. The van der Waals surface area contributed by atoms with Gasteiger partial charge in [0.25, 0.3) is 0 Å². The lowest BCUT2D eigenvalue weighted by Gasteiger charge is -2.30. The normalized spacial score (nSPS) is 21.4. The molecule has 2 heterocycles. The Balaban J connectivity index is 2.01. The van der Waals surface area contributed by atoms with Crippen LogP contribution in [0.5, 0.6) is 0 Å². The maximum atomic E-state index is 12.6. The van der Waals surface area contributed by atoms with Gasteiger partial charge in [-0.25, -0.2) is 13.2 Å². The second kappa shape index (κ2) is 4.75. The monoisotopic (exact) mass is 295 g/mol. The molecule has 1 fully saturated rings. The molecule has 2 N–H and O–H groups in total. The summed E-state index contributed by atoms with van der Waals surface area (Å²) in [5.41, 5.74) is 0.795. The maximum absolute atomic E-state index is 12.6. The molecule has 108 valence electrons. The fourth-order valence-corrected chi connectivity index (χ4v) is 4.31. The predicted octanol–water partition coefficient (Wildman–Crippen LogP) is 1.28. The molecule has 0 radical (unpaired) electrons. The minimum absolute atomic E-state index is 0.231. The number of nitrogens with one attached hydrogen (secondary N) is 2. The Morgan fingerprint density at radius 3 is 2.75 bits per heavy atom. The van der Waals surface area contributed by atoms with E-state index in [4.69, 9.17) is 0 Å². The molecule has 0 spiro atoms. The molecule has 0 aliphatic carbocycles. The van der Waals surface area contributed by atoms with E-state index >= 15 is 0 Å². The van der Waals surface area contributed by atoms with Crippen LogP contribution in [0.4, 0.5) is 0 Å². The molecule has 2 aromatic rings. The Kier molecular flexibility index (Phi) is 3.18. The van der Waals surface area contributed by atoms with Gasteiger partial charge in [-0.05, 0) is 37.0 Å². The van der Waals surface area contributed by atoms with E-state index in [0.29, 0.717) is 30.0 Å². The van der Waals surface area contributed by atoms with Crippen LogP contribution in [0.2, 0.25) is 0 Å². The molecule has 7 heteroatoms. The molecule has 0 bridgehead atoms. The number of aromatic nitrogens is 2. The minimum atomic E-state index is -3.48. The zero-order chi connectivity index (χ0) is 14.3. The van der Waals surface area contributed by atoms with Gasteiger partial charge in [-0.15, -0.1) is 0 Å². The standard InChI is InChI=1S/C13H17N3O3S/c1-9-3-2-6-16(8-9)20(18,19)10-4-5-11-12(7-10)15-13(17)14-11/h4-5,7,9H,2-3,6,8H2,1H3,(H2,14,15,17)/t9-/m1/s1. The first kappa shape index (κ1) is 13.4. The predicted molar refractivity (Wildman–Crippen MR) is 76.1 cm³/mol. The Morgan fingerprint density at radius 1 is 1.25 bits per heavy atom. The van der Waals surface area contributed by atoms with E-state index in [2.05, 4.69) is 16.9 Å². The van der Waals surface area contributed by atoms with Gasteiger partial charge in [0.05, 0.1) is 15.9 Å². The van der Waals surface area contributed by atoms with Crippen LogP contribution in [-0.2, 0) is 10.0 Å². The van der Waals surface area contributed by atoms with Gasteiger partial charge in [-0.3, -0.25) is 0 Å². The Hall–Kier alpha value is -1.60. The van der Waals surface area contributed by atoms with Gasteiger partial charge in [0.15, 0.2) is 0 Å². The third-order valence-electron chi connectivity index (χ3n) is 3.74. The number of hydrogen-bond acceptors (Lipinski definition) is 3. The molecule has 1 aromatic carbocycles. The van der Waals surface area contributed by atoms with E-state index in [0.717, 1.165) is 12.8 Å². The van der Waals surface area contributed by atoms with Crippen molar-refractivity contribution in [1.29, 1.82) is 0 Å². The summed E-state index contributed by atoms with van der Waals surface area (Å²) in [6.07, 6.45) is 1.96. The van der Waals surface area contributed by atoms with Crippen molar-refractivity contribution in [2.75, 3.05) is 13.1 Å². The van der Waals surface area contributed by atoms with Crippen LogP contribution in [0.15, 0.2) is 27.9 Å². The van der Waals surface area contributed by atoms with Gasteiger partial charge in [0.1, 0.15) is 0 Å². The molecule has 20 heavy (non-hydrogen) atoms. The van der Waals surface area contributed by atoms with Crippen molar-refractivity contribution in [3.05, 3.63) is 28.7 Å². The van der Waals surface area contributed by atoms with Gasteiger partial charge in [-0.1, -0.05) is 6.92 Å². The van der Waals surface area contributed by atoms with E-state index < -0.39 is 10.0 Å². The molecule has 3 rings (SSSR count). The van der Waals surface area contributed by atoms with Crippen molar-refractivity contribution in [2.24, 2.45) is 5.92 Å². The first-order valence-corrected chi connectivity index (χ1v) is 8.13. The van der Waals surface area contributed by atoms with E-state index in [-0.39, 0.29) is 10.6 Å². The summed E-state index contributed by atoms with van der Waals surface area (Å²) in [6, 6.07) is 4.68. The van der Waals surface area contributed by atoms with Crippen molar-refractivity contribution in [1.82, 2.24) is 14.3 Å². The Labute approximate surface area is 116 Å². The summed E-state index contributed by atoms with van der Waals surface area (Å²) in [5, 5.41) is 0. The largest absolute Gasteiger partial charge is 0.323 e. The summed E-state index contributed by atoms with van der Waals surface area (Å²) in [7, 11) is -3.48. The molecule has 1 aliphatic heterocycles. The number of aromatic amines is 2. The quantitative estimate of drug-likeness (QED) is 0.875. The third kappa shape index (κ3) is 2.27. The highest BCUT2D eigenvalue weighted by Gasteiger charge is 2.28. The van der Waals surface area contributed by atoms with Crippen LogP contribution in [0.25, 0.3) is 11.0 Å². The highest BCUT2D eigenvalue weighted by molar-refractivity contribution is 7.89. The lowest BCUT2D eigenvalue weighted by atomic mass is 10.0. The first-order valence-electron chi connectivity index (χ1n) is 6.69. The fourth-order valence-electron chi connectivity index (χ4n) is 2.69. The van der Waals surface area contributed by atoms with E-state index in [9.17, 15) is 13.2 Å². The van der Waals surface area contributed by atoms with Gasteiger partial charge in [-0.2, -0.15) is 4.31 Å². The number of imidazole rings is 1. The number of sulfonamides is 1. The molecule has 1 aromatic heterocycles. The average molecular weight is 295 g/mol. The number of nitrogens with zero attached hydrogens (tertiary/aromatic N) is 1. The average Bonchev–Trinajstić information content (AvgIpc) is 2.77. The van der Waals surface area contributed by atoms with Crippen LogP contribution in [-0.4, -0.2) is 35.8 Å². The third-order valence-corrected chi connectivity index (χ3v) is 5.61. The number of benzene rings is 1. The molecule has 1 aliphatic rings. The minimum Gasteiger partial charge on any atom is -0.306 e. The van der Waals surface area contributed by atoms with Crippen LogP contribution in [0, 0.1) is 5.92 Å². The van der Waals surface area contributed by atoms with Gasteiger partial charge >= 0.3 is 5.69 Å². The number of hydrogen-bond donors (Lipinski definition) is 2. The number of piperidine rings is 1. The topological polar surface area (TPSA) is 86.0 Å². The Morgan fingerprint density at radius 2 is 2.00 bits per heavy atom. The van der Waals surface area contributed by atoms with Gasteiger partial charge < -0.3 is 9.97 Å². The van der Waals surface area contributed by atoms with Crippen molar-refractivity contribution in [3.63, 3.8) is 0 Å². The van der Waals surface area contributed by atoms with E-state index in [1.807, 2.05) is 0 Å². The molecule has 1 atom stereocenters. The molecule has 6 nitrogen and oxygen atoms in total. The molecule has 0 amide bonds. The van der Waals surface area contributed by atoms with Crippen molar-refractivity contribution in [2.45, 2.75) is 24.7 Å². The lowest BCUT2D eigenvalue weighted by molar-refractivity contribution is 0.281. The smallest absolute Gasteiger partial charge is 0.306 e. The second-order valence-corrected chi connectivity index (χ2v) is 7.33. The van der Waals surface area contributed by atoms with Crippen LogP contribution in [0.1, 0.15) is 19.8 Å². The molecule has 1 saturated heterocycles. The first-order chi connectivity index (χ1) is 9.46. The van der Waals surface area contributed by atoms with Crippen LogP contribution in [0.3, 0.4) is 0 Å². The highest BCUT2D eigenvalue weighted by Crippen LogP contribution is 2.24. The lowest BCUT2D eigenvalue weighted by Crippen LogP contribution is -2.39. The van der Waals surface area contributed by atoms with Crippen molar-refractivity contribution >= 4 is 21.1 Å². The zero-order valence-corrected chi connectivity index (χ0v) is 12.0. The van der Waals surface area contributed by atoms with Gasteiger partial charge in [0.2, 0.25) is 10.0 Å². The number of H-pyrrole nitrogens is 2. The fraction of sp³-hybridized carbons (Fsp3) is 0.462. The maximum Gasteiger partial charge on any atom is 0.323 e. The molecule has 0 saturated carbocycles. The highest BCUT2D eigenvalue weighted by atomic mass is 32.2. The van der Waals surface area contributed by atoms with Crippen LogP contribution >= 0.6 is 0 Å². The summed E-state index contributed by atoms with van der Waals surface area (Å²) >= 11 is 0. The number of rotatable bonds is 2. The second-order valence-electron chi connectivity index (χ2n) is 5.40.